The Kier molecular flexibility index (Phi) is 6.50. The normalized spacial score (nSPS) is 12.8. The highest BCUT2D eigenvalue weighted by molar-refractivity contribution is 7.09. The molecule has 4 rings (SSSR count). The highest BCUT2D eigenvalue weighted by Gasteiger charge is 2.17. The summed E-state index contributed by atoms with van der Waals surface area (Å²) in [4.78, 5) is 20.5. The number of aromatic nitrogens is 2. The van der Waals surface area contributed by atoms with E-state index in [1.54, 1.807) is 5.38 Å². The SMILES string of the molecule is O=C(NCc1ncccc1F)c1csc(CCCNCC2Nc3ccccc3N2)n1. The summed E-state index contributed by atoms with van der Waals surface area (Å²) in [5.41, 5.74) is 2.82. The first-order chi connectivity index (χ1) is 14.7. The molecule has 0 bridgehead atoms. The number of nitrogens with one attached hydrogen (secondary N) is 4. The topological polar surface area (TPSA) is 91.0 Å². The van der Waals surface area contributed by atoms with E-state index in [9.17, 15) is 9.18 Å². The summed E-state index contributed by atoms with van der Waals surface area (Å²) in [5, 5.41) is 15.6. The van der Waals surface area contributed by atoms with Crippen LogP contribution in [-0.2, 0) is 13.0 Å². The number of halogens is 1. The average Bonchev–Trinajstić information content (AvgIpc) is 3.39. The van der Waals surface area contributed by atoms with Gasteiger partial charge in [-0.15, -0.1) is 11.3 Å². The molecule has 0 radical (unpaired) electrons. The molecule has 3 aromatic rings. The lowest BCUT2D eigenvalue weighted by Crippen LogP contribution is -2.35. The van der Waals surface area contributed by atoms with Gasteiger partial charge in [-0.2, -0.15) is 0 Å². The molecule has 0 fully saturated rings. The first-order valence-electron chi connectivity index (χ1n) is 9.84. The van der Waals surface area contributed by atoms with Crippen molar-refractivity contribution in [2.75, 3.05) is 23.7 Å². The average molecular weight is 427 g/mol. The lowest BCUT2D eigenvalue weighted by molar-refractivity contribution is 0.0945. The fourth-order valence-electron chi connectivity index (χ4n) is 3.19. The van der Waals surface area contributed by atoms with Gasteiger partial charge in [0.2, 0.25) is 0 Å². The summed E-state index contributed by atoms with van der Waals surface area (Å²) in [6.07, 6.45) is 3.40. The Bertz CT molecular complexity index is 985. The number of amides is 1. The van der Waals surface area contributed by atoms with Crippen LogP contribution >= 0.6 is 11.3 Å². The number of para-hydroxylation sites is 2. The molecule has 30 heavy (non-hydrogen) atoms. The Hall–Kier alpha value is -3.04. The molecule has 1 aliphatic heterocycles. The zero-order valence-corrected chi connectivity index (χ0v) is 17.1. The van der Waals surface area contributed by atoms with E-state index in [0.29, 0.717) is 5.69 Å². The van der Waals surface area contributed by atoms with Gasteiger partial charge in [0.25, 0.3) is 5.91 Å². The third kappa shape index (κ3) is 5.11. The smallest absolute Gasteiger partial charge is 0.271 e. The van der Waals surface area contributed by atoms with E-state index in [2.05, 4.69) is 43.4 Å². The number of benzene rings is 1. The van der Waals surface area contributed by atoms with Crippen molar-refractivity contribution in [2.24, 2.45) is 0 Å². The minimum Gasteiger partial charge on any atom is -0.363 e. The van der Waals surface area contributed by atoms with E-state index in [1.807, 2.05) is 12.1 Å². The van der Waals surface area contributed by atoms with Crippen LogP contribution < -0.4 is 21.3 Å². The number of nitrogens with zero attached hydrogens (tertiary/aromatic N) is 2. The molecule has 2 aromatic heterocycles. The largest absolute Gasteiger partial charge is 0.363 e. The highest BCUT2D eigenvalue weighted by atomic mass is 32.1. The molecule has 0 spiro atoms. The van der Waals surface area contributed by atoms with Gasteiger partial charge in [-0.3, -0.25) is 9.78 Å². The summed E-state index contributed by atoms with van der Waals surface area (Å²) >= 11 is 1.46. The Balaban J connectivity index is 1.14. The zero-order chi connectivity index (χ0) is 20.8. The Labute approximate surface area is 178 Å². The number of aryl methyl sites for hydroxylation is 1. The first kappa shape index (κ1) is 20.2. The van der Waals surface area contributed by atoms with Crippen molar-refractivity contribution in [3.63, 3.8) is 0 Å². The molecule has 9 heteroatoms. The molecule has 1 aliphatic rings. The van der Waals surface area contributed by atoms with Gasteiger partial charge in [0.15, 0.2) is 0 Å². The summed E-state index contributed by atoms with van der Waals surface area (Å²) in [5.74, 6) is -0.755. The molecule has 4 N–H and O–H groups in total. The number of fused-ring (bicyclic) bond motifs is 1. The monoisotopic (exact) mass is 426 g/mol. The van der Waals surface area contributed by atoms with E-state index in [1.165, 1.54) is 29.7 Å². The lowest BCUT2D eigenvalue weighted by Gasteiger charge is -2.13. The molecule has 0 aliphatic carbocycles. The van der Waals surface area contributed by atoms with Crippen LogP contribution in [0.15, 0.2) is 48.0 Å². The van der Waals surface area contributed by atoms with Gasteiger partial charge in [-0.1, -0.05) is 12.1 Å². The van der Waals surface area contributed by atoms with Crippen molar-refractivity contribution >= 4 is 28.6 Å². The number of thiazole rings is 1. The molecular weight excluding hydrogens is 403 g/mol. The second-order valence-corrected chi connectivity index (χ2v) is 7.88. The van der Waals surface area contributed by atoms with Gasteiger partial charge in [0, 0.05) is 24.5 Å². The van der Waals surface area contributed by atoms with Crippen LogP contribution in [0, 0.1) is 5.82 Å². The van der Waals surface area contributed by atoms with Crippen LogP contribution in [0.4, 0.5) is 15.8 Å². The molecule has 0 unspecified atom stereocenters. The number of rotatable bonds is 9. The van der Waals surface area contributed by atoms with Crippen molar-refractivity contribution < 1.29 is 9.18 Å². The van der Waals surface area contributed by atoms with Gasteiger partial charge in [0.1, 0.15) is 17.7 Å². The molecule has 0 saturated heterocycles. The predicted octanol–water partition coefficient (Wildman–Crippen LogP) is 2.99. The Morgan fingerprint density at radius 2 is 1.97 bits per heavy atom. The number of carbonyl (C=O) groups excluding carboxylic acids is 1. The summed E-state index contributed by atoms with van der Waals surface area (Å²) < 4.78 is 13.6. The van der Waals surface area contributed by atoms with Crippen molar-refractivity contribution in [2.45, 2.75) is 25.6 Å². The van der Waals surface area contributed by atoms with Crippen LogP contribution in [0.3, 0.4) is 0 Å². The van der Waals surface area contributed by atoms with Crippen LogP contribution in [0.25, 0.3) is 0 Å². The molecule has 1 aromatic carbocycles. The second-order valence-electron chi connectivity index (χ2n) is 6.94. The fourth-order valence-corrected chi connectivity index (χ4v) is 4.01. The van der Waals surface area contributed by atoms with E-state index >= 15 is 0 Å². The van der Waals surface area contributed by atoms with E-state index in [0.717, 1.165) is 42.3 Å². The maximum absolute atomic E-state index is 13.6. The van der Waals surface area contributed by atoms with Crippen LogP contribution in [0.1, 0.15) is 27.6 Å². The molecule has 3 heterocycles. The quantitative estimate of drug-likeness (QED) is 0.393. The van der Waals surface area contributed by atoms with Crippen molar-refractivity contribution in [1.82, 2.24) is 20.6 Å². The van der Waals surface area contributed by atoms with Gasteiger partial charge in [0.05, 0.1) is 28.6 Å². The van der Waals surface area contributed by atoms with E-state index in [-0.39, 0.29) is 24.3 Å². The van der Waals surface area contributed by atoms with Gasteiger partial charge in [-0.05, 0) is 37.2 Å². The molecule has 0 saturated carbocycles. The van der Waals surface area contributed by atoms with E-state index in [4.69, 9.17) is 0 Å². The maximum atomic E-state index is 13.6. The maximum Gasteiger partial charge on any atom is 0.271 e. The van der Waals surface area contributed by atoms with Crippen molar-refractivity contribution in [3.8, 4) is 0 Å². The second kappa shape index (κ2) is 9.64. The number of carbonyl (C=O) groups is 1. The Morgan fingerprint density at radius 1 is 1.17 bits per heavy atom. The summed E-state index contributed by atoms with van der Waals surface area (Å²) in [7, 11) is 0. The zero-order valence-electron chi connectivity index (χ0n) is 16.3. The minimum absolute atomic E-state index is 0.0371. The predicted molar refractivity (Wildman–Crippen MR) is 116 cm³/mol. The van der Waals surface area contributed by atoms with Gasteiger partial charge >= 0.3 is 0 Å². The summed E-state index contributed by atoms with van der Waals surface area (Å²) in [6.45, 7) is 1.70. The number of anilines is 2. The van der Waals surface area contributed by atoms with E-state index < -0.39 is 5.82 Å². The standard InChI is InChI=1S/C21H23FN6OS/c22-14-5-3-10-24-17(14)11-25-21(29)18-13-30-20(28-18)8-4-9-23-12-19-26-15-6-1-2-7-16(15)27-19/h1-3,5-7,10,13,19,23,26-27H,4,8-9,11-12H2,(H,25,29). The van der Waals surface area contributed by atoms with Gasteiger partial charge < -0.3 is 21.3 Å². The molecule has 7 nitrogen and oxygen atoms in total. The van der Waals surface area contributed by atoms with Crippen LogP contribution in [0.2, 0.25) is 0 Å². The first-order valence-corrected chi connectivity index (χ1v) is 10.7. The fraction of sp³-hybridized carbons (Fsp3) is 0.286. The molecule has 156 valence electrons. The Morgan fingerprint density at radius 3 is 2.73 bits per heavy atom. The minimum atomic E-state index is -0.434. The number of pyridine rings is 1. The third-order valence-electron chi connectivity index (χ3n) is 4.71. The van der Waals surface area contributed by atoms with Crippen molar-refractivity contribution in [3.05, 3.63) is 70.2 Å². The molecular formula is C21H23FN6OS. The summed E-state index contributed by atoms with van der Waals surface area (Å²) in [6, 6.07) is 11.0. The van der Waals surface area contributed by atoms with Crippen LogP contribution in [0.5, 0.6) is 0 Å². The lowest BCUT2D eigenvalue weighted by atomic mass is 10.3. The van der Waals surface area contributed by atoms with Crippen LogP contribution in [-0.4, -0.2) is 35.1 Å². The third-order valence-corrected chi connectivity index (χ3v) is 5.62. The van der Waals surface area contributed by atoms with Crippen molar-refractivity contribution in [1.29, 1.82) is 0 Å². The highest BCUT2D eigenvalue weighted by Crippen LogP contribution is 2.27. The number of hydrogen-bond acceptors (Lipinski definition) is 7. The van der Waals surface area contributed by atoms with Gasteiger partial charge in [-0.25, -0.2) is 9.37 Å². The molecule has 0 atom stereocenters. The molecule has 1 amide bonds. The number of hydrogen-bond donors (Lipinski definition) is 4.